The van der Waals surface area contributed by atoms with E-state index in [4.69, 9.17) is 5.73 Å². The van der Waals surface area contributed by atoms with Crippen LogP contribution in [0, 0.1) is 10.5 Å². The molecule has 15 heavy (non-hydrogen) atoms. The molecule has 0 aliphatic carbocycles. The lowest BCUT2D eigenvalue weighted by Crippen LogP contribution is -2.38. The average molecular weight is 318 g/mol. The van der Waals surface area contributed by atoms with E-state index in [1.807, 2.05) is 32.0 Å². The molecular formula is C11H15IN2O. The number of aryl methyl sites for hydroxylation is 1. The van der Waals surface area contributed by atoms with Crippen LogP contribution in [0.25, 0.3) is 0 Å². The van der Waals surface area contributed by atoms with Gasteiger partial charge in [0.25, 0.3) is 5.91 Å². The Labute approximate surface area is 104 Å². The van der Waals surface area contributed by atoms with E-state index in [2.05, 4.69) is 27.9 Å². The molecule has 0 spiro atoms. The van der Waals surface area contributed by atoms with Crippen molar-refractivity contribution in [2.75, 3.05) is 6.54 Å². The van der Waals surface area contributed by atoms with Crippen LogP contribution in [0.2, 0.25) is 0 Å². The van der Waals surface area contributed by atoms with Gasteiger partial charge < -0.3 is 11.1 Å². The van der Waals surface area contributed by atoms with Crippen LogP contribution >= 0.6 is 22.6 Å². The fraction of sp³-hybridized carbons (Fsp3) is 0.364. The van der Waals surface area contributed by atoms with Crippen molar-refractivity contribution in [3.63, 3.8) is 0 Å². The van der Waals surface area contributed by atoms with Crippen LogP contribution in [0.3, 0.4) is 0 Å². The van der Waals surface area contributed by atoms with E-state index in [1.165, 1.54) is 0 Å². The summed E-state index contributed by atoms with van der Waals surface area (Å²) in [7, 11) is 0. The summed E-state index contributed by atoms with van der Waals surface area (Å²) in [6.45, 7) is 4.33. The summed E-state index contributed by atoms with van der Waals surface area (Å²) in [5, 5.41) is 2.85. The predicted molar refractivity (Wildman–Crippen MR) is 69.9 cm³/mol. The molecule has 82 valence electrons. The Morgan fingerprint density at radius 1 is 1.60 bits per heavy atom. The number of rotatable bonds is 3. The monoisotopic (exact) mass is 318 g/mol. The standard InChI is InChI=1S/C11H15IN2O/c1-7-4-3-5-9(10(7)12)11(15)14-8(2)6-13/h3-5,8H,6,13H2,1-2H3,(H,14,15). The maximum atomic E-state index is 11.8. The molecule has 0 saturated carbocycles. The van der Waals surface area contributed by atoms with Crippen molar-refractivity contribution in [2.45, 2.75) is 19.9 Å². The zero-order chi connectivity index (χ0) is 11.4. The van der Waals surface area contributed by atoms with Gasteiger partial charge in [0, 0.05) is 16.2 Å². The summed E-state index contributed by atoms with van der Waals surface area (Å²) in [5.41, 5.74) is 7.28. The van der Waals surface area contributed by atoms with E-state index < -0.39 is 0 Å². The van der Waals surface area contributed by atoms with Crippen molar-refractivity contribution in [3.8, 4) is 0 Å². The minimum Gasteiger partial charge on any atom is -0.348 e. The summed E-state index contributed by atoms with van der Waals surface area (Å²) < 4.78 is 0.997. The fourth-order valence-electron chi connectivity index (χ4n) is 1.18. The normalized spacial score (nSPS) is 12.3. The Hall–Kier alpha value is -0.620. The first-order valence-electron chi connectivity index (χ1n) is 4.82. The fourth-order valence-corrected chi connectivity index (χ4v) is 1.79. The molecule has 0 heterocycles. The summed E-state index contributed by atoms with van der Waals surface area (Å²) in [5.74, 6) is -0.0546. The predicted octanol–water partition coefficient (Wildman–Crippen LogP) is 1.68. The average Bonchev–Trinajstić information content (AvgIpc) is 2.21. The molecule has 1 aromatic rings. The molecule has 0 aliphatic rings. The third-order valence-electron chi connectivity index (χ3n) is 2.17. The number of amides is 1. The van der Waals surface area contributed by atoms with Gasteiger partial charge >= 0.3 is 0 Å². The number of carbonyl (C=O) groups excluding carboxylic acids is 1. The second-order valence-corrected chi connectivity index (χ2v) is 4.63. The quantitative estimate of drug-likeness (QED) is 0.833. The molecule has 0 aliphatic heterocycles. The zero-order valence-corrected chi connectivity index (χ0v) is 11.0. The maximum absolute atomic E-state index is 11.8. The molecule has 0 aromatic heterocycles. The number of hydrogen-bond donors (Lipinski definition) is 2. The molecule has 0 radical (unpaired) electrons. The molecule has 0 bridgehead atoms. The second-order valence-electron chi connectivity index (χ2n) is 3.55. The van der Waals surface area contributed by atoms with Gasteiger partial charge in [0.05, 0.1) is 5.56 Å². The van der Waals surface area contributed by atoms with Gasteiger partial charge in [-0.1, -0.05) is 12.1 Å². The minimum absolute atomic E-state index is 0.00816. The highest BCUT2D eigenvalue weighted by atomic mass is 127. The van der Waals surface area contributed by atoms with Crippen molar-refractivity contribution in [2.24, 2.45) is 5.73 Å². The molecule has 0 saturated heterocycles. The molecule has 0 fully saturated rings. The van der Waals surface area contributed by atoms with Crippen molar-refractivity contribution in [1.82, 2.24) is 5.32 Å². The maximum Gasteiger partial charge on any atom is 0.252 e. The molecule has 1 aromatic carbocycles. The number of hydrogen-bond acceptors (Lipinski definition) is 2. The summed E-state index contributed by atoms with van der Waals surface area (Å²) in [6, 6.07) is 5.71. The lowest BCUT2D eigenvalue weighted by molar-refractivity contribution is 0.0940. The molecule has 3 nitrogen and oxygen atoms in total. The lowest BCUT2D eigenvalue weighted by Gasteiger charge is -2.12. The molecule has 3 N–H and O–H groups in total. The van der Waals surface area contributed by atoms with Crippen molar-refractivity contribution < 1.29 is 4.79 Å². The van der Waals surface area contributed by atoms with Gasteiger partial charge in [-0.25, -0.2) is 0 Å². The number of nitrogens with one attached hydrogen (secondary N) is 1. The SMILES string of the molecule is Cc1cccc(C(=O)NC(C)CN)c1I. The van der Waals surface area contributed by atoms with Crippen LogP contribution in [0.15, 0.2) is 18.2 Å². The van der Waals surface area contributed by atoms with Crippen LogP contribution in [-0.4, -0.2) is 18.5 Å². The first-order valence-corrected chi connectivity index (χ1v) is 5.90. The number of halogens is 1. The molecular weight excluding hydrogens is 303 g/mol. The summed E-state index contributed by atoms with van der Waals surface area (Å²) in [4.78, 5) is 11.8. The van der Waals surface area contributed by atoms with Gasteiger partial charge in [-0.15, -0.1) is 0 Å². The topological polar surface area (TPSA) is 55.1 Å². The van der Waals surface area contributed by atoms with Crippen molar-refractivity contribution in [3.05, 3.63) is 32.9 Å². The van der Waals surface area contributed by atoms with E-state index in [0.717, 1.165) is 14.7 Å². The second kappa shape index (κ2) is 5.46. The number of nitrogens with two attached hydrogens (primary N) is 1. The van der Waals surface area contributed by atoms with Gasteiger partial charge in [-0.2, -0.15) is 0 Å². The zero-order valence-electron chi connectivity index (χ0n) is 8.88. The van der Waals surface area contributed by atoms with E-state index in [1.54, 1.807) is 0 Å². The summed E-state index contributed by atoms with van der Waals surface area (Å²) in [6.07, 6.45) is 0. The highest BCUT2D eigenvalue weighted by molar-refractivity contribution is 14.1. The largest absolute Gasteiger partial charge is 0.348 e. The smallest absolute Gasteiger partial charge is 0.252 e. The first kappa shape index (κ1) is 12.4. The molecule has 1 atom stereocenters. The highest BCUT2D eigenvalue weighted by Gasteiger charge is 2.12. The molecule has 1 amide bonds. The molecule has 1 unspecified atom stereocenters. The van der Waals surface area contributed by atoms with Gasteiger partial charge in [0.2, 0.25) is 0 Å². The highest BCUT2D eigenvalue weighted by Crippen LogP contribution is 2.16. The Balaban J connectivity index is 2.87. The van der Waals surface area contributed by atoms with Crippen LogP contribution in [0.1, 0.15) is 22.8 Å². The van der Waals surface area contributed by atoms with Crippen LogP contribution < -0.4 is 11.1 Å². The van der Waals surface area contributed by atoms with E-state index in [0.29, 0.717) is 6.54 Å². The van der Waals surface area contributed by atoms with Gasteiger partial charge in [0.15, 0.2) is 0 Å². The Bertz CT molecular complexity index is 366. The van der Waals surface area contributed by atoms with Crippen molar-refractivity contribution >= 4 is 28.5 Å². The molecule has 1 rings (SSSR count). The number of carbonyl (C=O) groups is 1. The summed E-state index contributed by atoms with van der Waals surface area (Å²) >= 11 is 2.19. The van der Waals surface area contributed by atoms with Crippen LogP contribution in [0.5, 0.6) is 0 Å². The third kappa shape index (κ3) is 3.17. The Morgan fingerprint density at radius 3 is 2.87 bits per heavy atom. The number of benzene rings is 1. The Morgan fingerprint density at radius 2 is 2.27 bits per heavy atom. The van der Waals surface area contributed by atoms with Crippen molar-refractivity contribution in [1.29, 1.82) is 0 Å². The van der Waals surface area contributed by atoms with E-state index in [9.17, 15) is 4.79 Å². The van der Waals surface area contributed by atoms with E-state index >= 15 is 0 Å². The lowest BCUT2D eigenvalue weighted by atomic mass is 10.1. The first-order chi connectivity index (χ1) is 7.06. The van der Waals surface area contributed by atoms with Gasteiger partial charge in [-0.05, 0) is 48.1 Å². The van der Waals surface area contributed by atoms with Crippen LogP contribution in [-0.2, 0) is 0 Å². The Kier molecular flexibility index (Phi) is 4.53. The van der Waals surface area contributed by atoms with Crippen LogP contribution in [0.4, 0.5) is 0 Å². The van der Waals surface area contributed by atoms with Gasteiger partial charge in [0.1, 0.15) is 0 Å². The third-order valence-corrected chi connectivity index (χ3v) is 3.60. The van der Waals surface area contributed by atoms with Gasteiger partial charge in [-0.3, -0.25) is 4.79 Å². The van der Waals surface area contributed by atoms with E-state index in [-0.39, 0.29) is 11.9 Å². The molecule has 4 heteroatoms. The minimum atomic E-state index is -0.0546.